The zero-order chi connectivity index (χ0) is 21.4. The van der Waals surface area contributed by atoms with Gasteiger partial charge in [0, 0.05) is 17.7 Å². The highest BCUT2D eigenvalue weighted by molar-refractivity contribution is 7.99. The summed E-state index contributed by atoms with van der Waals surface area (Å²) in [7, 11) is 0. The van der Waals surface area contributed by atoms with Gasteiger partial charge in [0.2, 0.25) is 0 Å². The van der Waals surface area contributed by atoms with Gasteiger partial charge in [-0.3, -0.25) is 4.79 Å². The Morgan fingerprint density at radius 2 is 2.03 bits per heavy atom. The third-order valence-electron chi connectivity index (χ3n) is 4.49. The predicted molar refractivity (Wildman–Crippen MR) is 108 cm³/mol. The Labute approximate surface area is 172 Å². The van der Waals surface area contributed by atoms with Gasteiger partial charge >= 0.3 is 6.18 Å². The standard InChI is InChI=1S/C21H24F3NO3S/c1-3-10-28-25-17(4-2)20-18(26)12-14(13-19(20)27)9-11-29-16-7-5-15(6-8-16)21(22,23)24/h3,5-8,14,26H,1,4,9-13H2,2H3. The highest BCUT2D eigenvalue weighted by Gasteiger charge is 2.31. The van der Waals surface area contributed by atoms with Gasteiger partial charge < -0.3 is 9.94 Å². The molecular weight excluding hydrogens is 403 g/mol. The van der Waals surface area contributed by atoms with Gasteiger partial charge in [-0.05, 0) is 48.8 Å². The molecule has 0 aromatic heterocycles. The fourth-order valence-corrected chi connectivity index (χ4v) is 4.06. The third kappa shape index (κ3) is 6.66. The second-order valence-corrected chi connectivity index (χ2v) is 7.82. The number of halogens is 3. The van der Waals surface area contributed by atoms with Crippen LogP contribution in [0.4, 0.5) is 13.2 Å². The number of carbonyl (C=O) groups is 1. The van der Waals surface area contributed by atoms with Crippen molar-refractivity contribution in [1.82, 2.24) is 0 Å². The molecule has 1 N–H and O–H groups in total. The monoisotopic (exact) mass is 427 g/mol. The van der Waals surface area contributed by atoms with E-state index in [9.17, 15) is 23.1 Å². The minimum absolute atomic E-state index is 0.0135. The van der Waals surface area contributed by atoms with E-state index >= 15 is 0 Å². The molecule has 1 aromatic rings. The molecule has 0 radical (unpaired) electrons. The quantitative estimate of drug-likeness (QED) is 0.174. The van der Waals surface area contributed by atoms with Crippen LogP contribution in [0.25, 0.3) is 0 Å². The van der Waals surface area contributed by atoms with Crippen molar-refractivity contribution >= 4 is 23.3 Å². The van der Waals surface area contributed by atoms with Crippen LogP contribution in [-0.4, -0.2) is 29.0 Å². The van der Waals surface area contributed by atoms with E-state index in [2.05, 4.69) is 11.7 Å². The Hall–Kier alpha value is -2.22. The van der Waals surface area contributed by atoms with Crippen LogP contribution >= 0.6 is 11.8 Å². The number of hydrogen-bond acceptors (Lipinski definition) is 5. The van der Waals surface area contributed by atoms with Crippen molar-refractivity contribution in [2.24, 2.45) is 11.1 Å². The summed E-state index contributed by atoms with van der Waals surface area (Å²) in [6.45, 7) is 5.57. The average Bonchev–Trinajstić information content (AvgIpc) is 2.66. The molecular formula is C21H24F3NO3S. The molecule has 4 nitrogen and oxygen atoms in total. The Bertz CT molecular complexity index is 785. The van der Waals surface area contributed by atoms with Gasteiger partial charge in [-0.25, -0.2) is 0 Å². The van der Waals surface area contributed by atoms with Gasteiger partial charge in [-0.15, -0.1) is 11.8 Å². The summed E-state index contributed by atoms with van der Waals surface area (Å²) in [6.07, 6.45) is -1.01. The molecule has 0 fully saturated rings. The summed E-state index contributed by atoms with van der Waals surface area (Å²) in [5, 5.41) is 14.3. The second kappa shape index (κ2) is 10.5. The van der Waals surface area contributed by atoms with Crippen LogP contribution in [0.2, 0.25) is 0 Å². The molecule has 1 aromatic carbocycles. The van der Waals surface area contributed by atoms with E-state index in [0.717, 1.165) is 17.0 Å². The van der Waals surface area contributed by atoms with E-state index in [1.54, 1.807) is 0 Å². The van der Waals surface area contributed by atoms with Crippen LogP contribution in [0.5, 0.6) is 0 Å². The van der Waals surface area contributed by atoms with E-state index < -0.39 is 11.7 Å². The first-order valence-electron chi connectivity index (χ1n) is 9.31. The SMILES string of the molecule is C=CCON=C(CC)C1=C(O)CC(CCSc2ccc(C(F)(F)F)cc2)CC1=O. The maximum Gasteiger partial charge on any atom is 0.416 e. The number of alkyl halides is 3. The maximum absolute atomic E-state index is 12.6. The van der Waals surface area contributed by atoms with E-state index in [-0.39, 0.29) is 29.6 Å². The minimum Gasteiger partial charge on any atom is -0.511 e. The summed E-state index contributed by atoms with van der Waals surface area (Å²) in [5.41, 5.74) is -0.0112. The van der Waals surface area contributed by atoms with Gasteiger partial charge in [0.05, 0.1) is 16.8 Å². The van der Waals surface area contributed by atoms with Gasteiger partial charge in [0.1, 0.15) is 12.4 Å². The Kier molecular flexibility index (Phi) is 8.37. The predicted octanol–water partition coefficient (Wildman–Crippen LogP) is 5.95. The van der Waals surface area contributed by atoms with Crippen molar-refractivity contribution in [2.45, 2.75) is 43.7 Å². The lowest BCUT2D eigenvalue weighted by atomic mass is 9.83. The molecule has 0 spiro atoms. The number of hydrogen-bond donors (Lipinski definition) is 1. The Morgan fingerprint density at radius 3 is 2.59 bits per heavy atom. The van der Waals surface area contributed by atoms with Crippen LogP contribution in [-0.2, 0) is 15.8 Å². The van der Waals surface area contributed by atoms with E-state index in [1.165, 1.54) is 30.0 Å². The fraction of sp³-hybridized carbons (Fsp3) is 0.429. The number of nitrogens with zero attached hydrogens (tertiary/aromatic N) is 1. The summed E-state index contributed by atoms with van der Waals surface area (Å²) in [4.78, 5) is 18.3. The van der Waals surface area contributed by atoms with Crippen LogP contribution in [0.3, 0.4) is 0 Å². The number of aliphatic hydroxyl groups is 1. The number of oxime groups is 1. The summed E-state index contributed by atoms with van der Waals surface area (Å²) in [5.74, 6) is 0.485. The summed E-state index contributed by atoms with van der Waals surface area (Å²) < 4.78 is 37.8. The third-order valence-corrected chi connectivity index (χ3v) is 5.54. The van der Waals surface area contributed by atoms with Crippen molar-refractivity contribution < 1.29 is 27.9 Å². The molecule has 0 amide bonds. The molecule has 158 valence electrons. The maximum atomic E-state index is 12.6. The Morgan fingerprint density at radius 1 is 1.34 bits per heavy atom. The number of ketones is 1. The summed E-state index contributed by atoms with van der Waals surface area (Å²) in [6, 6.07) is 5.02. The first-order valence-corrected chi connectivity index (χ1v) is 10.3. The molecule has 0 saturated heterocycles. The molecule has 1 aliphatic carbocycles. The number of carbonyl (C=O) groups excluding carboxylic acids is 1. The lowest BCUT2D eigenvalue weighted by molar-refractivity contribution is -0.137. The van der Waals surface area contributed by atoms with Crippen molar-refractivity contribution in [3.63, 3.8) is 0 Å². The van der Waals surface area contributed by atoms with Crippen molar-refractivity contribution in [1.29, 1.82) is 0 Å². The van der Waals surface area contributed by atoms with Crippen molar-refractivity contribution in [3.05, 3.63) is 53.8 Å². The topological polar surface area (TPSA) is 58.9 Å². The highest BCUT2D eigenvalue weighted by Crippen LogP contribution is 2.33. The molecule has 8 heteroatoms. The van der Waals surface area contributed by atoms with Crippen LogP contribution in [0, 0.1) is 5.92 Å². The largest absolute Gasteiger partial charge is 0.511 e. The Balaban J connectivity index is 1.92. The molecule has 29 heavy (non-hydrogen) atoms. The van der Waals surface area contributed by atoms with Gasteiger partial charge in [-0.1, -0.05) is 24.7 Å². The number of rotatable bonds is 9. The molecule has 0 aliphatic heterocycles. The molecule has 1 aliphatic rings. The number of benzene rings is 1. The first-order chi connectivity index (χ1) is 13.8. The lowest BCUT2D eigenvalue weighted by Gasteiger charge is -2.23. The van der Waals surface area contributed by atoms with E-state index in [4.69, 9.17) is 4.84 Å². The lowest BCUT2D eigenvalue weighted by Crippen LogP contribution is -2.25. The van der Waals surface area contributed by atoms with Crippen molar-refractivity contribution in [2.75, 3.05) is 12.4 Å². The van der Waals surface area contributed by atoms with Gasteiger partial charge in [-0.2, -0.15) is 13.2 Å². The summed E-state index contributed by atoms with van der Waals surface area (Å²) >= 11 is 1.43. The van der Waals surface area contributed by atoms with E-state index in [0.29, 0.717) is 37.1 Å². The molecule has 0 heterocycles. The van der Waals surface area contributed by atoms with Crippen molar-refractivity contribution in [3.8, 4) is 0 Å². The molecule has 0 saturated carbocycles. The van der Waals surface area contributed by atoms with Crippen LogP contribution in [0.1, 0.15) is 38.2 Å². The zero-order valence-electron chi connectivity index (χ0n) is 16.2. The fourth-order valence-electron chi connectivity index (χ4n) is 3.04. The number of thioether (sulfide) groups is 1. The van der Waals surface area contributed by atoms with Gasteiger partial charge in [0.15, 0.2) is 5.78 Å². The van der Waals surface area contributed by atoms with Gasteiger partial charge in [0.25, 0.3) is 0 Å². The number of Topliss-reactive ketones (excluding diaryl/α,β-unsaturated/α-hetero) is 1. The molecule has 1 atom stereocenters. The normalized spacial score (nSPS) is 18.1. The molecule has 0 bridgehead atoms. The number of aliphatic hydroxyl groups excluding tert-OH is 1. The highest BCUT2D eigenvalue weighted by atomic mass is 32.2. The average molecular weight is 427 g/mol. The number of allylic oxidation sites excluding steroid dienone is 2. The smallest absolute Gasteiger partial charge is 0.416 e. The minimum atomic E-state index is -4.34. The molecule has 1 unspecified atom stereocenters. The van der Waals surface area contributed by atoms with Crippen LogP contribution in [0.15, 0.2) is 58.3 Å². The van der Waals surface area contributed by atoms with E-state index in [1.807, 2.05) is 6.92 Å². The molecule has 2 rings (SSSR count). The first kappa shape index (κ1) is 23.1. The second-order valence-electron chi connectivity index (χ2n) is 6.65. The zero-order valence-corrected chi connectivity index (χ0v) is 17.0. The van der Waals surface area contributed by atoms with Crippen LogP contribution < -0.4 is 0 Å².